The van der Waals surface area contributed by atoms with E-state index in [1.165, 1.54) is 22.1 Å². The Kier molecular flexibility index (Phi) is 2.36. The lowest BCUT2D eigenvalue weighted by Crippen LogP contribution is -1.80. The predicted molar refractivity (Wildman–Crippen MR) is 69.8 cm³/mol. The van der Waals surface area contributed by atoms with Crippen LogP contribution >= 0.6 is 11.3 Å². The quantitative estimate of drug-likeness (QED) is 0.643. The first-order valence-electron chi connectivity index (χ1n) is 5.22. The molecule has 0 N–H and O–H groups in total. The normalized spacial score (nSPS) is 10.3. The minimum Gasteiger partial charge on any atom is -0.225 e. The van der Waals surface area contributed by atoms with Gasteiger partial charge in [0.25, 0.3) is 0 Å². The molecule has 0 amide bonds. The number of rotatable bonds is 1. The van der Waals surface area contributed by atoms with Gasteiger partial charge in [0, 0.05) is 10.9 Å². The molecule has 3 heteroatoms. The highest BCUT2D eigenvalue weighted by molar-refractivity contribution is 7.13. The summed E-state index contributed by atoms with van der Waals surface area (Å²) in [6, 6.07) is 16.4. The molecule has 1 aromatic heterocycles. The van der Waals surface area contributed by atoms with Crippen LogP contribution < -0.4 is 0 Å². The number of aromatic nitrogens is 1. The zero-order valence-electron chi connectivity index (χ0n) is 8.92. The average Bonchev–Trinajstić information content (AvgIpc) is 2.87. The zero-order chi connectivity index (χ0) is 11.7. The van der Waals surface area contributed by atoms with E-state index in [1.807, 2.05) is 24.3 Å². The summed E-state index contributed by atoms with van der Waals surface area (Å²) < 4.78 is 0. The number of nitrogens with zero attached hydrogens (tertiary/aromatic N) is 2. The third-order valence-electron chi connectivity index (χ3n) is 2.64. The molecule has 17 heavy (non-hydrogen) atoms. The highest BCUT2D eigenvalue weighted by Gasteiger charge is 2.07. The Bertz CT molecular complexity index is 717. The molecule has 0 saturated heterocycles. The molecule has 0 spiro atoms. The van der Waals surface area contributed by atoms with Crippen molar-refractivity contribution in [1.82, 2.24) is 4.98 Å². The van der Waals surface area contributed by atoms with Crippen LogP contribution in [0.3, 0.4) is 0 Å². The summed E-state index contributed by atoms with van der Waals surface area (Å²) in [5.74, 6) is 0. The molecule has 0 radical (unpaired) electrons. The van der Waals surface area contributed by atoms with E-state index in [0.717, 1.165) is 10.6 Å². The molecule has 0 aliphatic carbocycles. The fraction of sp³-hybridized carbons (Fsp3) is 0. The third-order valence-corrected chi connectivity index (χ3v) is 3.51. The first-order valence-corrected chi connectivity index (χ1v) is 6.10. The van der Waals surface area contributed by atoms with E-state index in [9.17, 15) is 0 Å². The molecule has 0 aliphatic rings. The number of hydrogen-bond acceptors (Lipinski definition) is 3. The molecule has 0 fully saturated rings. The maximum Gasteiger partial charge on any atom is 0.152 e. The number of thiazole rings is 1. The van der Waals surface area contributed by atoms with Gasteiger partial charge in [-0.25, -0.2) is 4.98 Å². The first-order chi connectivity index (χ1) is 8.38. The van der Waals surface area contributed by atoms with Gasteiger partial charge in [-0.2, -0.15) is 5.26 Å². The van der Waals surface area contributed by atoms with Crippen molar-refractivity contribution in [3.63, 3.8) is 0 Å². The van der Waals surface area contributed by atoms with Crippen LogP contribution in [0.4, 0.5) is 0 Å². The number of hydrogen-bond donors (Lipinski definition) is 0. The molecule has 2 nitrogen and oxygen atoms in total. The fourth-order valence-corrected chi connectivity index (χ4v) is 2.65. The summed E-state index contributed by atoms with van der Waals surface area (Å²) >= 11 is 1.51. The minimum absolute atomic E-state index is 0.484. The lowest BCUT2D eigenvalue weighted by molar-refractivity contribution is 1.34. The fourth-order valence-electron chi connectivity index (χ4n) is 1.86. The maximum absolute atomic E-state index is 8.81. The molecular formula is C14H8N2S. The van der Waals surface area contributed by atoms with Gasteiger partial charge in [-0.3, -0.25) is 0 Å². The van der Waals surface area contributed by atoms with E-state index in [-0.39, 0.29) is 0 Å². The Morgan fingerprint density at radius 1 is 1.06 bits per heavy atom. The van der Waals surface area contributed by atoms with Crippen LogP contribution in [0.1, 0.15) is 5.69 Å². The second-order valence-corrected chi connectivity index (χ2v) is 4.53. The Balaban J connectivity index is 2.27. The predicted octanol–water partition coefficient (Wildman–Crippen LogP) is 3.83. The van der Waals surface area contributed by atoms with Gasteiger partial charge in [0.05, 0.1) is 0 Å². The Morgan fingerprint density at radius 2 is 1.88 bits per heavy atom. The van der Waals surface area contributed by atoms with Crippen molar-refractivity contribution in [2.45, 2.75) is 0 Å². The summed E-state index contributed by atoms with van der Waals surface area (Å²) in [6.07, 6.45) is 0. The van der Waals surface area contributed by atoms with Crippen molar-refractivity contribution in [1.29, 1.82) is 5.26 Å². The molecule has 0 saturated carbocycles. The van der Waals surface area contributed by atoms with Crippen molar-refractivity contribution < 1.29 is 0 Å². The van der Waals surface area contributed by atoms with Crippen LogP contribution in [0, 0.1) is 11.3 Å². The molecule has 0 aliphatic heterocycles. The van der Waals surface area contributed by atoms with E-state index < -0.39 is 0 Å². The lowest BCUT2D eigenvalue weighted by atomic mass is 10.1. The second-order valence-electron chi connectivity index (χ2n) is 3.68. The summed E-state index contributed by atoms with van der Waals surface area (Å²) in [5.41, 5.74) is 1.58. The Morgan fingerprint density at radius 3 is 2.71 bits per heavy atom. The van der Waals surface area contributed by atoms with Crippen LogP contribution in [0.5, 0.6) is 0 Å². The van der Waals surface area contributed by atoms with Crippen molar-refractivity contribution in [2.24, 2.45) is 0 Å². The minimum atomic E-state index is 0.484. The highest BCUT2D eigenvalue weighted by Crippen LogP contribution is 2.30. The van der Waals surface area contributed by atoms with Crippen molar-refractivity contribution in [2.75, 3.05) is 0 Å². The largest absolute Gasteiger partial charge is 0.225 e. The van der Waals surface area contributed by atoms with Crippen LogP contribution in [0.25, 0.3) is 21.3 Å². The van der Waals surface area contributed by atoms with Gasteiger partial charge in [-0.1, -0.05) is 42.5 Å². The summed E-state index contributed by atoms with van der Waals surface area (Å²) in [5, 5.41) is 13.9. The number of benzene rings is 2. The van der Waals surface area contributed by atoms with Crippen molar-refractivity contribution in [3.05, 3.63) is 53.5 Å². The molecule has 0 atom stereocenters. The van der Waals surface area contributed by atoms with Gasteiger partial charge < -0.3 is 0 Å². The van der Waals surface area contributed by atoms with E-state index in [2.05, 4.69) is 29.3 Å². The lowest BCUT2D eigenvalue weighted by Gasteiger charge is -2.02. The van der Waals surface area contributed by atoms with Gasteiger partial charge in [-0.15, -0.1) is 11.3 Å². The van der Waals surface area contributed by atoms with Crippen LogP contribution in [-0.2, 0) is 0 Å². The molecule has 0 unspecified atom stereocenters. The molecule has 3 rings (SSSR count). The van der Waals surface area contributed by atoms with E-state index in [0.29, 0.717) is 5.69 Å². The summed E-state index contributed by atoms with van der Waals surface area (Å²) in [4.78, 5) is 4.31. The smallest absolute Gasteiger partial charge is 0.152 e. The maximum atomic E-state index is 8.81. The van der Waals surface area contributed by atoms with Gasteiger partial charge >= 0.3 is 0 Å². The molecule has 80 valence electrons. The van der Waals surface area contributed by atoms with E-state index in [1.54, 1.807) is 5.38 Å². The van der Waals surface area contributed by atoms with Crippen molar-refractivity contribution >= 4 is 22.1 Å². The molecule has 0 bridgehead atoms. The molecule has 3 aromatic rings. The molecule has 2 aromatic carbocycles. The first kappa shape index (κ1) is 10.0. The Labute approximate surface area is 103 Å². The topological polar surface area (TPSA) is 36.7 Å². The Hall–Kier alpha value is -2.18. The summed E-state index contributed by atoms with van der Waals surface area (Å²) in [6.45, 7) is 0. The van der Waals surface area contributed by atoms with E-state index >= 15 is 0 Å². The third kappa shape index (κ3) is 1.69. The van der Waals surface area contributed by atoms with Crippen LogP contribution in [-0.4, -0.2) is 4.98 Å². The highest BCUT2D eigenvalue weighted by atomic mass is 32.1. The number of nitriles is 1. The molecule has 1 heterocycles. The van der Waals surface area contributed by atoms with Crippen LogP contribution in [0.2, 0.25) is 0 Å². The average molecular weight is 236 g/mol. The SMILES string of the molecule is N#Cc1csc(-c2cccc3ccccc23)n1. The van der Waals surface area contributed by atoms with E-state index in [4.69, 9.17) is 5.26 Å². The van der Waals surface area contributed by atoms with Crippen molar-refractivity contribution in [3.8, 4) is 16.6 Å². The zero-order valence-corrected chi connectivity index (χ0v) is 9.74. The van der Waals surface area contributed by atoms with Crippen LogP contribution in [0.15, 0.2) is 47.8 Å². The number of fused-ring (bicyclic) bond motifs is 1. The van der Waals surface area contributed by atoms with Gasteiger partial charge in [-0.05, 0) is 10.8 Å². The van der Waals surface area contributed by atoms with Gasteiger partial charge in [0.15, 0.2) is 5.69 Å². The standard InChI is InChI=1S/C14H8N2S/c15-8-11-9-17-14(16-11)13-7-3-5-10-4-1-2-6-12(10)13/h1-7,9H. The monoisotopic (exact) mass is 236 g/mol. The molecular weight excluding hydrogens is 228 g/mol. The van der Waals surface area contributed by atoms with Gasteiger partial charge in [0.1, 0.15) is 11.1 Å². The van der Waals surface area contributed by atoms with Gasteiger partial charge in [0.2, 0.25) is 0 Å². The summed E-state index contributed by atoms with van der Waals surface area (Å²) in [7, 11) is 0. The second kappa shape index (κ2) is 4.00.